The minimum Gasteiger partial charge on any atom is -0.457 e. The second-order valence-corrected chi connectivity index (χ2v) is 6.43. The third-order valence-electron chi connectivity index (χ3n) is 2.80. The van der Waals surface area contributed by atoms with E-state index in [2.05, 4.69) is 5.32 Å². The van der Waals surface area contributed by atoms with Gasteiger partial charge in [-0.25, -0.2) is 4.79 Å². The van der Waals surface area contributed by atoms with Crippen molar-refractivity contribution in [3.05, 3.63) is 53.3 Å². The first kappa shape index (κ1) is 17.2. The lowest BCUT2D eigenvalue weighted by Crippen LogP contribution is -2.32. The zero-order valence-corrected chi connectivity index (χ0v) is 14.2. The van der Waals surface area contributed by atoms with Gasteiger partial charge < -0.3 is 14.5 Å². The summed E-state index contributed by atoms with van der Waals surface area (Å²) in [5.41, 5.74) is 0.461. The number of carbonyl (C=O) groups excluding carboxylic acids is 1. The van der Waals surface area contributed by atoms with Crippen molar-refractivity contribution in [2.24, 2.45) is 0 Å². The summed E-state index contributed by atoms with van der Waals surface area (Å²) >= 11 is 5.87. The van der Waals surface area contributed by atoms with Crippen molar-refractivity contribution in [1.29, 1.82) is 0 Å². The lowest BCUT2D eigenvalue weighted by Gasteiger charge is -2.19. The molecule has 1 N–H and O–H groups in total. The number of amides is 1. The van der Waals surface area contributed by atoms with E-state index in [1.165, 1.54) is 0 Å². The number of hydrogen-bond donors (Lipinski definition) is 1. The third-order valence-corrected chi connectivity index (χ3v) is 3.05. The van der Waals surface area contributed by atoms with Crippen molar-refractivity contribution >= 4 is 23.8 Å². The minimum absolute atomic E-state index is 0.367. The molecule has 0 aliphatic heterocycles. The second kappa shape index (κ2) is 7.38. The summed E-state index contributed by atoms with van der Waals surface area (Å²) in [5, 5.41) is 3.34. The summed E-state index contributed by atoms with van der Waals surface area (Å²) in [6.07, 6.45) is 3.16. The maximum Gasteiger partial charge on any atom is 0.407 e. The predicted octanol–water partition coefficient (Wildman–Crippen LogP) is 5.14. The molecule has 0 bridgehead atoms. The van der Waals surface area contributed by atoms with Gasteiger partial charge in [0.2, 0.25) is 0 Å². The van der Waals surface area contributed by atoms with Gasteiger partial charge in [0.05, 0.1) is 0 Å². The predicted molar refractivity (Wildman–Crippen MR) is 92.4 cm³/mol. The fourth-order valence-corrected chi connectivity index (χ4v) is 1.97. The van der Waals surface area contributed by atoms with Crippen molar-refractivity contribution in [2.75, 3.05) is 6.54 Å². The molecule has 1 aromatic carbocycles. The van der Waals surface area contributed by atoms with Crippen LogP contribution in [0.4, 0.5) is 4.79 Å². The van der Waals surface area contributed by atoms with Crippen LogP contribution >= 0.6 is 11.6 Å². The van der Waals surface area contributed by atoms with Gasteiger partial charge in [-0.05, 0) is 63.2 Å². The van der Waals surface area contributed by atoms with Gasteiger partial charge >= 0.3 is 6.09 Å². The summed E-state index contributed by atoms with van der Waals surface area (Å²) in [5.74, 6) is 1.47. The molecule has 0 atom stereocenters. The van der Waals surface area contributed by atoms with Crippen LogP contribution in [0, 0.1) is 0 Å². The van der Waals surface area contributed by atoms with Crippen molar-refractivity contribution in [1.82, 2.24) is 5.32 Å². The minimum atomic E-state index is -0.498. The van der Waals surface area contributed by atoms with Crippen molar-refractivity contribution in [3.63, 3.8) is 0 Å². The van der Waals surface area contributed by atoms with Crippen LogP contribution in [0.1, 0.15) is 26.5 Å². The molecule has 0 saturated heterocycles. The lowest BCUT2D eigenvalue weighted by molar-refractivity contribution is 0.0534. The molecule has 0 fully saturated rings. The van der Waals surface area contributed by atoms with Crippen LogP contribution in [0.3, 0.4) is 0 Å². The average molecular weight is 334 g/mol. The number of nitrogens with one attached hydrogen (secondary N) is 1. The Hall–Kier alpha value is -2.20. The quantitative estimate of drug-likeness (QED) is 0.843. The van der Waals surface area contributed by atoms with Gasteiger partial charge in [0.25, 0.3) is 0 Å². The van der Waals surface area contributed by atoms with Crippen LogP contribution in [0.2, 0.25) is 5.02 Å². The number of ether oxygens (including phenoxy) is 1. The molecule has 1 amide bonds. The molecule has 0 radical (unpaired) electrons. The van der Waals surface area contributed by atoms with Crippen molar-refractivity contribution < 1.29 is 13.9 Å². The van der Waals surface area contributed by atoms with Crippen LogP contribution in [0.15, 0.2) is 46.9 Å². The molecule has 23 heavy (non-hydrogen) atoms. The van der Waals surface area contributed by atoms with Gasteiger partial charge in [-0.2, -0.15) is 0 Å². The Morgan fingerprint density at radius 2 is 1.91 bits per heavy atom. The SMILES string of the molecule is CC(C)(C)OC(=O)NCC=Cc1ccc(-c2ccc(Cl)cc2)o1. The topological polar surface area (TPSA) is 51.5 Å². The van der Waals surface area contributed by atoms with Gasteiger partial charge in [0.15, 0.2) is 0 Å². The molecule has 0 aliphatic carbocycles. The van der Waals surface area contributed by atoms with E-state index < -0.39 is 11.7 Å². The normalized spacial score (nSPS) is 11.7. The van der Waals surface area contributed by atoms with E-state index in [9.17, 15) is 4.79 Å². The highest BCUT2D eigenvalue weighted by atomic mass is 35.5. The molecule has 1 aromatic heterocycles. The van der Waals surface area contributed by atoms with Gasteiger partial charge in [-0.15, -0.1) is 0 Å². The number of benzene rings is 1. The largest absolute Gasteiger partial charge is 0.457 e. The molecule has 5 heteroatoms. The summed E-state index contributed by atoms with van der Waals surface area (Å²) in [6, 6.07) is 11.2. The van der Waals surface area contributed by atoms with E-state index in [-0.39, 0.29) is 0 Å². The maximum atomic E-state index is 11.5. The maximum absolute atomic E-state index is 11.5. The zero-order chi connectivity index (χ0) is 16.9. The van der Waals surface area contributed by atoms with Crippen LogP contribution < -0.4 is 5.32 Å². The Kier molecular flexibility index (Phi) is 5.50. The fourth-order valence-electron chi connectivity index (χ4n) is 1.84. The van der Waals surface area contributed by atoms with Crippen molar-refractivity contribution in [2.45, 2.75) is 26.4 Å². The van der Waals surface area contributed by atoms with Crippen LogP contribution in [-0.2, 0) is 4.74 Å². The first-order chi connectivity index (χ1) is 10.8. The second-order valence-electron chi connectivity index (χ2n) is 5.99. The van der Waals surface area contributed by atoms with Gasteiger partial charge in [-0.1, -0.05) is 17.7 Å². The molecule has 1 heterocycles. The smallest absolute Gasteiger partial charge is 0.407 e. The molecular formula is C18H20ClNO3. The molecule has 2 rings (SSSR count). The van der Waals surface area contributed by atoms with E-state index in [0.29, 0.717) is 17.3 Å². The first-order valence-electron chi connectivity index (χ1n) is 7.33. The average Bonchev–Trinajstić information content (AvgIpc) is 2.91. The Labute approximate surface area is 141 Å². The summed E-state index contributed by atoms with van der Waals surface area (Å²) in [4.78, 5) is 11.5. The van der Waals surface area contributed by atoms with Crippen LogP contribution in [0.5, 0.6) is 0 Å². The molecule has 0 unspecified atom stereocenters. The molecule has 0 spiro atoms. The van der Waals surface area contributed by atoms with E-state index in [1.807, 2.05) is 57.2 Å². The Morgan fingerprint density at radius 3 is 2.57 bits per heavy atom. The number of rotatable bonds is 4. The number of halogens is 1. The van der Waals surface area contributed by atoms with Gasteiger partial charge in [0, 0.05) is 17.1 Å². The van der Waals surface area contributed by atoms with Crippen LogP contribution in [0.25, 0.3) is 17.4 Å². The molecular weight excluding hydrogens is 314 g/mol. The van der Waals surface area contributed by atoms with Crippen LogP contribution in [-0.4, -0.2) is 18.2 Å². The van der Waals surface area contributed by atoms with E-state index in [1.54, 1.807) is 12.2 Å². The highest BCUT2D eigenvalue weighted by molar-refractivity contribution is 6.30. The summed E-state index contributed by atoms with van der Waals surface area (Å²) in [6.45, 7) is 5.84. The number of furan rings is 1. The highest BCUT2D eigenvalue weighted by Gasteiger charge is 2.14. The molecule has 4 nitrogen and oxygen atoms in total. The van der Waals surface area contributed by atoms with Gasteiger partial charge in [-0.3, -0.25) is 0 Å². The molecule has 0 saturated carbocycles. The highest BCUT2D eigenvalue weighted by Crippen LogP contribution is 2.24. The first-order valence-corrected chi connectivity index (χ1v) is 7.70. The van der Waals surface area contributed by atoms with Crippen molar-refractivity contribution in [3.8, 4) is 11.3 Å². The standard InChI is InChI=1S/C18H20ClNO3/c1-18(2,3)23-17(21)20-12-4-5-15-10-11-16(22-15)13-6-8-14(19)9-7-13/h4-11H,12H2,1-3H3,(H,20,21). The number of alkyl carbamates (subject to hydrolysis) is 1. The monoisotopic (exact) mass is 333 g/mol. The molecule has 122 valence electrons. The summed E-state index contributed by atoms with van der Waals surface area (Å²) in [7, 11) is 0. The summed E-state index contributed by atoms with van der Waals surface area (Å²) < 4.78 is 10.9. The Balaban J connectivity index is 1.87. The molecule has 0 aliphatic rings. The van der Waals surface area contributed by atoms with E-state index >= 15 is 0 Å². The Morgan fingerprint density at radius 1 is 1.22 bits per heavy atom. The van der Waals surface area contributed by atoms with E-state index in [4.69, 9.17) is 20.8 Å². The zero-order valence-electron chi connectivity index (χ0n) is 13.4. The van der Waals surface area contributed by atoms with Gasteiger partial charge in [0.1, 0.15) is 17.1 Å². The number of hydrogen-bond acceptors (Lipinski definition) is 3. The molecule has 2 aromatic rings. The third kappa shape index (κ3) is 5.83. The lowest BCUT2D eigenvalue weighted by atomic mass is 10.2. The Bertz CT molecular complexity index is 681. The number of carbonyl (C=O) groups is 1. The van der Waals surface area contributed by atoms with E-state index in [0.717, 1.165) is 11.3 Å². The fraction of sp³-hybridized carbons (Fsp3) is 0.278.